The molecule has 0 bridgehead atoms. The molecule has 0 aliphatic carbocycles. The average Bonchev–Trinajstić information content (AvgIpc) is 2.24. The minimum atomic E-state index is -0.575. The topological polar surface area (TPSA) is 77.9 Å². The van der Waals surface area contributed by atoms with Gasteiger partial charge in [0.2, 0.25) is 0 Å². The molecule has 0 rings (SSSR count). The molecule has 0 fully saturated rings. The molecule has 0 atom stereocenters. The van der Waals surface area contributed by atoms with Crippen LogP contribution in [-0.4, -0.2) is 62.0 Å². The van der Waals surface area contributed by atoms with E-state index in [-0.39, 0.29) is 13.2 Å². The first-order valence-corrected chi connectivity index (χ1v) is 5.02. The van der Waals surface area contributed by atoms with Crippen molar-refractivity contribution in [1.29, 1.82) is 5.26 Å². The number of hydrogen-bond acceptors (Lipinski definition) is 5. The lowest BCUT2D eigenvalue weighted by Gasteiger charge is -2.08. The van der Waals surface area contributed by atoms with Crippen LogP contribution in [0.25, 0.3) is 0 Å². The Kier molecular flexibility index (Phi) is 7.10. The lowest BCUT2D eigenvalue weighted by molar-refractivity contribution is -0.481. The molecular weight excluding hydrogens is 224 g/mol. The largest absolute Gasteiger partial charge is 0.473 e. The van der Waals surface area contributed by atoms with Gasteiger partial charge in [0, 0.05) is 0 Å². The van der Waals surface area contributed by atoms with Crippen LogP contribution in [0.5, 0.6) is 0 Å². The zero-order valence-corrected chi connectivity index (χ0v) is 10.5. The van der Waals surface area contributed by atoms with Gasteiger partial charge in [-0.25, -0.2) is 14.3 Å². The summed E-state index contributed by atoms with van der Waals surface area (Å²) in [6.07, 6.45) is 0.938. The Hall–Kier alpha value is -2.10. The van der Waals surface area contributed by atoms with Gasteiger partial charge in [0.1, 0.15) is 6.07 Å². The summed E-state index contributed by atoms with van der Waals surface area (Å²) in [5.41, 5.74) is 0. The van der Waals surface area contributed by atoms with Crippen LogP contribution in [0.2, 0.25) is 0 Å². The molecule has 7 nitrogen and oxygen atoms in total. The molecule has 0 aromatic carbocycles. The van der Waals surface area contributed by atoms with Crippen molar-refractivity contribution in [3.05, 3.63) is 0 Å². The van der Waals surface area contributed by atoms with Crippen molar-refractivity contribution in [2.45, 2.75) is 6.92 Å². The molecule has 0 spiro atoms. The van der Waals surface area contributed by atoms with E-state index in [4.69, 9.17) is 10.1 Å². The number of rotatable bonds is 4. The third-order valence-electron chi connectivity index (χ3n) is 1.60. The highest BCUT2D eigenvalue weighted by atomic mass is 16.7. The molecule has 0 saturated carbocycles. The predicted octanol–water partition coefficient (Wildman–Crippen LogP) is -0.365. The number of carbonyl (C=O) groups is 1. The van der Waals surface area contributed by atoms with E-state index in [0.29, 0.717) is 6.02 Å². The molecule has 17 heavy (non-hydrogen) atoms. The number of oxime groups is 1. The predicted molar refractivity (Wildman–Crippen MR) is 61.6 cm³/mol. The molecule has 7 heteroatoms. The first kappa shape index (κ1) is 14.9. The van der Waals surface area contributed by atoms with Crippen LogP contribution in [0.15, 0.2) is 5.16 Å². The highest BCUT2D eigenvalue weighted by molar-refractivity contribution is 6.23. The van der Waals surface area contributed by atoms with Crippen molar-refractivity contribution in [2.24, 2.45) is 5.16 Å². The number of carbonyl (C=O) groups excluding carboxylic acids is 1. The maximum absolute atomic E-state index is 10.9. The lowest BCUT2D eigenvalue weighted by atomic mass is 10.6. The van der Waals surface area contributed by atoms with E-state index in [1.165, 1.54) is 0 Å². The van der Waals surface area contributed by atoms with Crippen LogP contribution >= 0.6 is 0 Å². The van der Waals surface area contributed by atoms with Gasteiger partial charge < -0.3 is 4.74 Å². The summed E-state index contributed by atoms with van der Waals surface area (Å²) in [5.74, 6) is -0.575. The molecule has 94 valence electrons. The SMILES string of the molecule is CCOC(=O)C=NOC(N(C)CC#N)=[N+](C)C. The maximum Gasteiger partial charge on any atom is 0.473 e. The lowest BCUT2D eigenvalue weighted by Crippen LogP contribution is -2.34. The quantitative estimate of drug-likeness (QED) is 0.168. The Morgan fingerprint density at radius 1 is 1.59 bits per heavy atom. The van der Waals surface area contributed by atoms with Gasteiger partial charge in [-0.15, -0.1) is 0 Å². The van der Waals surface area contributed by atoms with Crippen LogP contribution in [0, 0.1) is 11.3 Å². The van der Waals surface area contributed by atoms with E-state index in [1.54, 1.807) is 37.5 Å². The van der Waals surface area contributed by atoms with Crippen molar-refractivity contribution < 1.29 is 18.9 Å². The first-order valence-electron chi connectivity index (χ1n) is 5.02. The second kappa shape index (κ2) is 8.10. The smallest absolute Gasteiger partial charge is 0.462 e. The van der Waals surface area contributed by atoms with Gasteiger partial charge in [-0.2, -0.15) is 5.26 Å². The van der Waals surface area contributed by atoms with Gasteiger partial charge >= 0.3 is 12.0 Å². The van der Waals surface area contributed by atoms with Gasteiger partial charge in [-0.3, -0.25) is 4.84 Å². The van der Waals surface area contributed by atoms with Crippen LogP contribution in [-0.2, 0) is 14.4 Å². The number of ether oxygens (including phenoxy) is 1. The van der Waals surface area contributed by atoms with Gasteiger partial charge in [0.05, 0.1) is 27.7 Å². The molecule has 0 N–H and O–H groups in total. The summed E-state index contributed by atoms with van der Waals surface area (Å²) in [6, 6.07) is 2.33. The zero-order valence-electron chi connectivity index (χ0n) is 10.5. The number of nitrogens with zero attached hydrogens (tertiary/aromatic N) is 4. The van der Waals surface area contributed by atoms with Crippen LogP contribution in [0.3, 0.4) is 0 Å². The molecular formula is C10H17N4O3+. The normalized spacial score (nSPS) is 9.59. The van der Waals surface area contributed by atoms with Gasteiger partial charge in [0.25, 0.3) is 0 Å². The summed E-state index contributed by atoms with van der Waals surface area (Å²) in [4.78, 5) is 17.5. The molecule has 0 unspecified atom stereocenters. The summed E-state index contributed by atoms with van der Waals surface area (Å²) >= 11 is 0. The zero-order chi connectivity index (χ0) is 13.3. The number of esters is 1. The molecule has 0 saturated heterocycles. The van der Waals surface area contributed by atoms with E-state index in [2.05, 4.69) is 9.89 Å². The third-order valence-corrected chi connectivity index (χ3v) is 1.60. The van der Waals surface area contributed by atoms with Crippen LogP contribution in [0.4, 0.5) is 0 Å². The van der Waals surface area contributed by atoms with E-state index in [0.717, 1.165) is 6.21 Å². The van der Waals surface area contributed by atoms with Crippen LogP contribution < -0.4 is 0 Å². The fraction of sp³-hybridized carbons (Fsp3) is 0.600. The first-order chi connectivity index (χ1) is 8.02. The van der Waals surface area contributed by atoms with Crippen molar-refractivity contribution in [3.8, 4) is 6.07 Å². The number of hydrogen-bond donors (Lipinski definition) is 0. The third kappa shape index (κ3) is 6.14. The molecule has 0 heterocycles. The van der Waals surface area contributed by atoms with Gasteiger partial charge in [0.15, 0.2) is 12.8 Å². The Labute approximate surface area is 101 Å². The van der Waals surface area contributed by atoms with Gasteiger partial charge in [-0.05, 0) is 6.92 Å². The Morgan fingerprint density at radius 2 is 2.24 bits per heavy atom. The highest BCUT2D eigenvalue weighted by Gasteiger charge is 2.17. The molecule has 0 amide bonds. The van der Waals surface area contributed by atoms with E-state index >= 15 is 0 Å². The van der Waals surface area contributed by atoms with E-state index < -0.39 is 5.97 Å². The Bertz CT molecular complexity index is 353. The molecule has 0 radical (unpaired) electrons. The summed E-state index contributed by atoms with van der Waals surface area (Å²) < 4.78 is 6.27. The van der Waals surface area contributed by atoms with Crippen LogP contribution in [0.1, 0.15) is 6.92 Å². The van der Waals surface area contributed by atoms with E-state index in [1.807, 2.05) is 6.07 Å². The van der Waals surface area contributed by atoms with Gasteiger partial charge in [-0.1, -0.05) is 5.16 Å². The summed E-state index contributed by atoms with van der Waals surface area (Å²) in [6.45, 7) is 2.14. The number of nitriles is 1. The fourth-order valence-electron chi connectivity index (χ4n) is 0.963. The minimum absolute atomic E-state index is 0.155. The summed E-state index contributed by atoms with van der Waals surface area (Å²) in [5, 5.41) is 12.0. The van der Waals surface area contributed by atoms with Crippen molar-refractivity contribution in [2.75, 3.05) is 34.3 Å². The summed E-state index contributed by atoms with van der Waals surface area (Å²) in [7, 11) is 5.16. The Morgan fingerprint density at radius 3 is 2.71 bits per heavy atom. The molecule has 0 aromatic rings. The second-order valence-electron chi connectivity index (χ2n) is 3.27. The van der Waals surface area contributed by atoms with Crippen molar-refractivity contribution >= 4 is 18.2 Å². The average molecular weight is 241 g/mol. The molecule has 0 aromatic heterocycles. The Balaban J connectivity index is 4.46. The standard InChI is InChI=1S/C10H17N4O3/c1-5-16-9(15)8-12-17-10(13(2)3)14(4)7-6-11/h8H,5,7H2,1-4H3/q+1. The maximum atomic E-state index is 10.9. The molecule has 0 aliphatic heterocycles. The minimum Gasteiger partial charge on any atom is -0.462 e. The highest BCUT2D eigenvalue weighted by Crippen LogP contribution is 1.90. The monoisotopic (exact) mass is 241 g/mol. The number of amidine groups is 1. The fourth-order valence-corrected chi connectivity index (χ4v) is 0.963. The second-order valence-corrected chi connectivity index (χ2v) is 3.27. The van der Waals surface area contributed by atoms with E-state index in [9.17, 15) is 4.79 Å². The van der Waals surface area contributed by atoms with Crippen molar-refractivity contribution in [1.82, 2.24) is 4.90 Å². The molecule has 0 aliphatic rings. The van der Waals surface area contributed by atoms with Crippen molar-refractivity contribution in [3.63, 3.8) is 0 Å².